The van der Waals surface area contributed by atoms with Crippen LogP contribution in [0.4, 0.5) is 19.2 Å². The van der Waals surface area contributed by atoms with E-state index < -0.39 is 18.5 Å². The van der Waals surface area contributed by atoms with Gasteiger partial charge in [0.1, 0.15) is 6.42 Å². The summed E-state index contributed by atoms with van der Waals surface area (Å²) in [5.41, 5.74) is 0. The van der Waals surface area contributed by atoms with Crippen molar-refractivity contribution in [2.45, 2.75) is 19.0 Å². The summed E-state index contributed by atoms with van der Waals surface area (Å²) in [5, 5.41) is 9.86. The molecule has 20 heavy (non-hydrogen) atoms. The SMILES string of the molecule is O=C1C[C@@H]2CN(c3nnc(CC(F)(F)F)o3)C[C@@H]2CN1. The Labute approximate surface area is 112 Å². The first-order valence-corrected chi connectivity index (χ1v) is 6.31. The summed E-state index contributed by atoms with van der Waals surface area (Å²) < 4.78 is 41.7. The molecule has 3 heterocycles. The van der Waals surface area contributed by atoms with Crippen LogP contribution in [0.25, 0.3) is 0 Å². The highest BCUT2D eigenvalue weighted by Gasteiger charge is 2.39. The van der Waals surface area contributed by atoms with Gasteiger partial charge in [-0.3, -0.25) is 4.79 Å². The Bertz CT molecular complexity index is 516. The van der Waals surface area contributed by atoms with Gasteiger partial charge in [-0.25, -0.2) is 0 Å². The molecule has 2 aliphatic heterocycles. The third-order valence-corrected chi connectivity index (χ3v) is 3.66. The van der Waals surface area contributed by atoms with Gasteiger partial charge in [0, 0.05) is 26.1 Å². The number of hydrogen-bond acceptors (Lipinski definition) is 5. The molecule has 2 aliphatic rings. The van der Waals surface area contributed by atoms with E-state index in [1.165, 1.54) is 0 Å². The van der Waals surface area contributed by atoms with Gasteiger partial charge in [0.2, 0.25) is 11.8 Å². The van der Waals surface area contributed by atoms with E-state index in [9.17, 15) is 18.0 Å². The van der Waals surface area contributed by atoms with E-state index in [1.807, 2.05) is 0 Å². The third-order valence-electron chi connectivity index (χ3n) is 3.66. The highest BCUT2D eigenvalue weighted by atomic mass is 19.4. The van der Waals surface area contributed by atoms with Gasteiger partial charge in [0.15, 0.2) is 0 Å². The maximum atomic E-state index is 12.2. The number of aromatic nitrogens is 2. The summed E-state index contributed by atoms with van der Waals surface area (Å²) in [5.74, 6) is 0.0559. The molecule has 0 saturated carbocycles. The molecule has 0 bridgehead atoms. The molecular weight excluding hydrogens is 277 g/mol. The van der Waals surface area contributed by atoms with Crippen molar-refractivity contribution in [3.63, 3.8) is 0 Å². The molecule has 6 nitrogen and oxygen atoms in total. The van der Waals surface area contributed by atoms with Crippen LogP contribution in [0.2, 0.25) is 0 Å². The van der Waals surface area contributed by atoms with Crippen molar-refractivity contribution < 1.29 is 22.4 Å². The molecule has 1 N–H and O–H groups in total. The second-order valence-corrected chi connectivity index (χ2v) is 5.20. The molecule has 0 aromatic carbocycles. The lowest BCUT2D eigenvalue weighted by Gasteiger charge is -2.23. The van der Waals surface area contributed by atoms with E-state index in [2.05, 4.69) is 15.5 Å². The van der Waals surface area contributed by atoms with Gasteiger partial charge in [-0.15, -0.1) is 5.10 Å². The lowest BCUT2D eigenvalue weighted by molar-refractivity contribution is -0.130. The highest BCUT2D eigenvalue weighted by Crippen LogP contribution is 2.32. The van der Waals surface area contributed by atoms with Gasteiger partial charge in [0.25, 0.3) is 0 Å². The van der Waals surface area contributed by atoms with Crippen LogP contribution in [0, 0.1) is 11.8 Å². The standard InChI is InChI=1S/C11H13F3N4O2/c12-11(13,14)2-9-16-17-10(20-9)18-4-6-1-8(19)15-3-7(6)5-18/h6-7H,1-5H2,(H,15,19)/t6-,7+/m1/s1. The quantitative estimate of drug-likeness (QED) is 0.870. The van der Waals surface area contributed by atoms with Crippen molar-refractivity contribution in [3.8, 4) is 0 Å². The molecule has 1 amide bonds. The number of piperidine rings is 1. The Balaban J connectivity index is 1.67. The number of halogens is 3. The summed E-state index contributed by atoms with van der Waals surface area (Å²) in [6.07, 6.45) is -5.15. The summed E-state index contributed by atoms with van der Waals surface area (Å²) in [4.78, 5) is 13.1. The normalized spacial score (nSPS) is 26.6. The average molecular weight is 290 g/mol. The Kier molecular flexibility index (Phi) is 3.06. The molecule has 9 heteroatoms. The minimum atomic E-state index is -4.36. The molecule has 1 aromatic rings. The van der Waals surface area contributed by atoms with Crippen LogP contribution in [0.15, 0.2) is 4.42 Å². The van der Waals surface area contributed by atoms with Gasteiger partial charge < -0.3 is 14.6 Å². The highest BCUT2D eigenvalue weighted by molar-refractivity contribution is 5.77. The van der Waals surface area contributed by atoms with E-state index in [0.29, 0.717) is 26.1 Å². The molecule has 0 radical (unpaired) electrons. The van der Waals surface area contributed by atoms with Gasteiger partial charge in [-0.1, -0.05) is 5.10 Å². The van der Waals surface area contributed by atoms with Gasteiger partial charge in [0.05, 0.1) is 0 Å². The van der Waals surface area contributed by atoms with E-state index in [1.54, 1.807) is 4.90 Å². The summed E-state index contributed by atoms with van der Waals surface area (Å²) >= 11 is 0. The summed E-state index contributed by atoms with van der Waals surface area (Å²) in [6, 6.07) is 0.103. The van der Waals surface area contributed by atoms with Crippen LogP contribution in [0.1, 0.15) is 12.3 Å². The summed E-state index contributed by atoms with van der Waals surface area (Å²) in [7, 11) is 0. The van der Waals surface area contributed by atoms with E-state index in [4.69, 9.17) is 4.42 Å². The first-order valence-electron chi connectivity index (χ1n) is 6.31. The zero-order valence-corrected chi connectivity index (χ0v) is 10.5. The number of hydrogen-bond donors (Lipinski definition) is 1. The average Bonchev–Trinajstić information content (AvgIpc) is 2.92. The monoisotopic (exact) mass is 290 g/mol. The maximum absolute atomic E-state index is 12.2. The maximum Gasteiger partial charge on any atom is 0.397 e. The number of nitrogens with zero attached hydrogens (tertiary/aromatic N) is 3. The molecule has 2 saturated heterocycles. The van der Waals surface area contributed by atoms with E-state index in [0.717, 1.165) is 0 Å². The van der Waals surface area contributed by atoms with Crippen LogP contribution in [-0.2, 0) is 11.2 Å². The molecule has 2 atom stereocenters. The second-order valence-electron chi connectivity index (χ2n) is 5.20. The first-order chi connectivity index (χ1) is 9.40. The van der Waals surface area contributed by atoms with Gasteiger partial charge >= 0.3 is 12.2 Å². The number of amides is 1. The number of anilines is 1. The molecule has 1 aromatic heterocycles. The fourth-order valence-electron chi connectivity index (χ4n) is 2.73. The van der Waals surface area contributed by atoms with Crippen molar-refractivity contribution in [1.29, 1.82) is 0 Å². The van der Waals surface area contributed by atoms with Gasteiger partial charge in [-0.05, 0) is 11.8 Å². The van der Waals surface area contributed by atoms with Gasteiger partial charge in [-0.2, -0.15) is 13.2 Å². The van der Waals surface area contributed by atoms with Crippen molar-refractivity contribution in [3.05, 3.63) is 5.89 Å². The Morgan fingerprint density at radius 3 is 2.80 bits per heavy atom. The molecule has 2 fully saturated rings. The van der Waals surface area contributed by atoms with Crippen LogP contribution in [-0.4, -0.2) is 41.9 Å². The molecular formula is C11H13F3N4O2. The van der Waals surface area contributed by atoms with Crippen molar-refractivity contribution in [2.75, 3.05) is 24.5 Å². The van der Waals surface area contributed by atoms with Crippen LogP contribution >= 0.6 is 0 Å². The topological polar surface area (TPSA) is 71.3 Å². The van der Waals surface area contributed by atoms with E-state index in [-0.39, 0.29) is 23.8 Å². The smallest absolute Gasteiger partial charge is 0.397 e. The molecule has 110 valence electrons. The number of rotatable bonds is 2. The number of alkyl halides is 3. The molecule has 0 spiro atoms. The van der Waals surface area contributed by atoms with Crippen LogP contribution < -0.4 is 10.2 Å². The summed E-state index contributed by atoms with van der Waals surface area (Å²) in [6.45, 7) is 1.76. The second kappa shape index (κ2) is 4.64. The van der Waals surface area contributed by atoms with Crippen LogP contribution in [0.5, 0.6) is 0 Å². The number of nitrogens with one attached hydrogen (secondary N) is 1. The van der Waals surface area contributed by atoms with E-state index >= 15 is 0 Å². The van der Waals surface area contributed by atoms with Crippen LogP contribution in [0.3, 0.4) is 0 Å². The largest absolute Gasteiger partial charge is 0.408 e. The number of carbonyl (C=O) groups is 1. The third kappa shape index (κ3) is 2.70. The minimum Gasteiger partial charge on any atom is -0.408 e. The predicted molar refractivity (Wildman–Crippen MR) is 60.9 cm³/mol. The predicted octanol–water partition coefficient (Wildman–Crippen LogP) is 0.747. The lowest BCUT2D eigenvalue weighted by Crippen LogP contribution is -2.39. The molecule has 0 unspecified atom stereocenters. The molecule has 3 rings (SSSR count). The zero-order chi connectivity index (χ0) is 14.3. The fourth-order valence-corrected chi connectivity index (χ4v) is 2.73. The Morgan fingerprint density at radius 2 is 2.05 bits per heavy atom. The minimum absolute atomic E-state index is 0.0105. The number of fused-ring (bicyclic) bond motifs is 1. The Hall–Kier alpha value is -1.80. The molecule has 0 aliphatic carbocycles. The number of carbonyl (C=O) groups excluding carboxylic acids is 1. The fraction of sp³-hybridized carbons (Fsp3) is 0.727. The first kappa shape index (κ1) is 13.2. The van der Waals surface area contributed by atoms with Crippen molar-refractivity contribution in [1.82, 2.24) is 15.5 Å². The van der Waals surface area contributed by atoms with Crippen molar-refractivity contribution >= 4 is 11.9 Å². The Morgan fingerprint density at radius 1 is 1.30 bits per heavy atom. The lowest BCUT2D eigenvalue weighted by atomic mass is 9.89. The van der Waals surface area contributed by atoms with Crippen molar-refractivity contribution in [2.24, 2.45) is 11.8 Å². The zero-order valence-electron chi connectivity index (χ0n) is 10.5.